The minimum Gasteiger partial charge on any atom is -0.481 e. The number of aliphatic hydroxyl groups excluding tert-OH is 1. The monoisotopic (exact) mass is 293 g/mol. The van der Waals surface area contributed by atoms with Gasteiger partial charge in [-0.05, 0) is 24.1 Å². The van der Waals surface area contributed by atoms with E-state index in [0.717, 1.165) is 6.07 Å². The highest BCUT2D eigenvalue weighted by Crippen LogP contribution is 2.26. The third kappa shape index (κ3) is 3.95. The van der Waals surface area contributed by atoms with Gasteiger partial charge in [0.05, 0.1) is 11.1 Å². The van der Waals surface area contributed by atoms with Crippen LogP contribution >= 0.6 is 11.6 Å². The van der Waals surface area contributed by atoms with E-state index in [9.17, 15) is 18.3 Å². The lowest BCUT2D eigenvalue weighted by Gasteiger charge is -2.11. The first-order valence-electron chi connectivity index (χ1n) is 4.94. The number of halogens is 1. The van der Waals surface area contributed by atoms with E-state index in [1.54, 1.807) is 0 Å². The van der Waals surface area contributed by atoms with Gasteiger partial charge in [-0.1, -0.05) is 17.7 Å². The molecule has 6 nitrogen and oxygen atoms in total. The van der Waals surface area contributed by atoms with Crippen molar-refractivity contribution in [3.63, 3.8) is 0 Å². The molecular formula is C10H12ClNO5S. The van der Waals surface area contributed by atoms with Crippen LogP contribution < -0.4 is 5.14 Å². The molecule has 1 unspecified atom stereocenters. The largest absolute Gasteiger partial charge is 0.481 e. The zero-order valence-corrected chi connectivity index (χ0v) is 10.8. The summed E-state index contributed by atoms with van der Waals surface area (Å²) < 4.78 is 22.4. The Morgan fingerprint density at radius 1 is 1.44 bits per heavy atom. The smallest absolute Gasteiger partial charge is 0.303 e. The molecule has 0 aliphatic carbocycles. The maximum Gasteiger partial charge on any atom is 0.303 e. The van der Waals surface area contributed by atoms with Crippen LogP contribution in [0.25, 0.3) is 0 Å². The number of hydrogen-bond donors (Lipinski definition) is 3. The highest BCUT2D eigenvalue weighted by Gasteiger charge is 2.17. The Bertz CT molecular complexity index is 557. The number of carbonyl (C=O) groups is 1. The summed E-state index contributed by atoms with van der Waals surface area (Å²) in [4.78, 5) is 10.1. The molecule has 0 amide bonds. The van der Waals surface area contributed by atoms with Gasteiger partial charge in [-0.15, -0.1) is 0 Å². The second-order valence-electron chi connectivity index (χ2n) is 3.68. The summed E-state index contributed by atoms with van der Waals surface area (Å²) >= 11 is 5.68. The Labute approximate surface area is 109 Å². The van der Waals surface area contributed by atoms with Crippen LogP contribution in [0.4, 0.5) is 0 Å². The predicted octanol–water partition coefficient (Wildman–Crippen LogP) is 0.886. The van der Waals surface area contributed by atoms with Crippen LogP contribution in [-0.4, -0.2) is 24.6 Å². The molecule has 0 radical (unpaired) electrons. The number of carboxylic acids is 1. The van der Waals surface area contributed by atoms with E-state index in [1.165, 1.54) is 12.1 Å². The maximum absolute atomic E-state index is 11.2. The van der Waals surface area contributed by atoms with Crippen LogP contribution in [-0.2, 0) is 14.8 Å². The molecular weight excluding hydrogens is 282 g/mol. The predicted molar refractivity (Wildman–Crippen MR) is 64.7 cm³/mol. The molecule has 1 aromatic carbocycles. The normalized spacial score (nSPS) is 13.3. The lowest BCUT2D eigenvalue weighted by Crippen LogP contribution is -2.13. The molecule has 1 rings (SSSR count). The Kier molecular flexibility index (Phi) is 4.69. The van der Waals surface area contributed by atoms with E-state index < -0.39 is 22.1 Å². The highest BCUT2D eigenvalue weighted by atomic mass is 35.5. The standard InChI is InChI=1S/C10H12ClNO5S/c11-7-2-1-6(5-9(7)18(12,16)17)8(13)3-4-10(14)15/h1-2,5,8,13H,3-4H2,(H,14,15)(H2,12,16,17). The van der Waals surface area contributed by atoms with Gasteiger partial charge in [0.2, 0.25) is 10.0 Å². The van der Waals surface area contributed by atoms with Gasteiger partial charge in [-0.25, -0.2) is 13.6 Å². The van der Waals surface area contributed by atoms with Crippen molar-refractivity contribution < 1.29 is 23.4 Å². The zero-order valence-electron chi connectivity index (χ0n) is 9.21. The van der Waals surface area contributed by atoms with Crippen LogP contribution in [0.5, 0.6) is 0 Å². The minimum atomic E-state index is -3.98. The van der Waals surface area contributed by atoms with Crippen molar-refractivity contribution in [1.29, 1.82) is 0 Å². The molecule has 8 heteroatoms. The van der Waals surface area contributed by atoms with Crippen molar-refractivity contribution in [2.45, 2.75) is 23.8 Å². The fourth-order valence-electron chi connectivity index (χ4n) is 1.37. The van der Waals surface area contributed by atoms with E-state index in [4.69, 9.17) is 21.8 Å². The molecule has 0 fully saturated rings. The molecule has 1 atom stereocenters. The van der Waals surface area contributed by atoms with Crippen molar-refractivity contribution in [3.8, 4) is 0 Å². The van der Waals surface area contributed by atoms with Gasteiger partial charge in [-0.3, -0.25) is 4.79 Å². The van der Waals surface area contributed by atoms with Gasteiger partial charge in [-0.2, -0.15) is 0 Å². The van der Waals surface area contributed by atoms with Crippen LogP contribution in [0.15, 0.2) is 23.1 Å². The summed E-state index contributed by atoms with van der Waals surface area (Å²) in [5.41, 5.74) is 0.254. The average molecular weight is 294 g/mol. The lowest BCUT2D eigenvalue weighted by atomic mass is 10.1. The van der Waals surface area contributed by atoms with Crippen molar-refractivity contribution in [2.75, 3.05) is 0 Å². The summed E-state index contributed by atoms with van der Waals surface area (Å²) in [6.07, 6.45) is -1.34. The van der Waals surface area contributed by atoms with Gasteiger partial charge < -0.3 is 10.2 Å². The lowest BCUT2D eigenvalue weighted by molar-refractivity contribution is -0.137. The van der Waals surface area contributed by atoms with E-state index in [1.807, 2.05) is 0 Å². The van der Waals surface area contributed by atoms with Gasteiger partial charge >= 0.3 is 5.97 Å². The van der Waals surface area contributed by atoms with Crippen LogP contribution in [0.3, 0.4) is 0 Å². The van der Waals surface area contributed by atoms with Crippen molar-refractivity contribution in [1.82, 2.24) is 0 Å². The number of nitrogens with two attached hydrogens (primary N) is 1. The van der Waals surface area contributed by atoms with E-state index in [-0.39, 0.29) is 28.3 Å². The molecule has 0 bridgehead atoms. The van der Waals surface area contributed by atoms with Crippen LogP contribution in [0.1, 0.15) is 24.5 Å². The van der Waals surface area contributed by atoms with E-state index in [2.05, 4.69) is 0 Å². The second-order valence-corrected chi connectivity index (χ2v) is 5.62. The highest BCUT2D eigenvalue weighted by molar-refractivity contribution is 7.89. The van der Waals surface area contributed by atoms with Crippen molar-refractivity contribution >= 4 is 27.6 Å². The molecule has 100 valence electrons. The van der Waals surface area contributed by atoms with E-state index >= 15 is 0 Å². The summed E-state index contributed by atoms with van der Waals surface area (Å²) in [6, 6.07) is 3.86. The number of rotatable bonds is 5. The number of aliphatic hydroxyl groups is 1. The zero-order chi connectivity index (χ0) is 13.9. The number of aliphatic carboxylic acids is 1. The number of sulfonamides is 1. The third-order valence-corrected chi connectivity index (χ3v) is 3.67. The van der Waals surface area contributed by atoms with Gasteiger partial charge in [0.25, 0.3) is 0 Å². The topological polar surface area (TPSA) is 118 Å². The molecule has 4 N–H and O–H groups in total. The number of benzene rings is 1. The van der Waals surface area contributed by atoms with Gasteiger partial charge in [0, 0.05) is 6.42 Å². The minimum absolute atomic E-state index is 0.0268. The van der Waals surface area contributed by atoms with Crippen LogP contribution in [0, 0.1) is 0 Å². The third-order valence-electron chi connectivity index (χ3n) is 2.28. The van der Waals surface area contributed by atoms with E-state index in [0.29, 0.717) is 0 Å². The molecule has 0 heterocycles. The molecule has 0 aliphatic rings. The molecule has 1 aromatic rings. The first-order valence-corrected chi connectivity index (χ1v) is 6.86. The molecule has 0 aliphatic heterocycles. The summed E-state index contributed by atoms with van der Waals surface area (Å²) in [5.74, 6) is -1.05. The summed E-state index contributed by atoms with van der Waals surface area (Å²) in [7, 11) is -3.98. The number of hydrogen-bond acceptors (Lipinski definition) is 4. The first-order chi connectivity index (χ1) is 8.21. The number of carboxylic acid groups (broad SMARTS) is 1. The molecule has 0 saturated carbocycles. The Morgan fingerprint density at radius 3 is 2.56 bits per heavy atom. The van der Waals surface area contributed by atoms with Crippen LogP contribution in [0.2, 0.25) is 5.02 Å². The molecule has 0 spiro atoms. The quantitative estimate of drug-likeness (QED) is 0.745. The summed E-state index contributed by atoms with van der Waals surface area (Å²) in [5, 5.41) is 23.1. The fourth-order valence-corrected chi connectivity index (χ4v) is 2.45. The Hall–Kier alpha value is -1.15. The Morgan fingerprint density at radius 2 is 2.06 bits per heavy atom. The molecule has 18 heavy (non-hydrogen) atoms. The maximum atomic E-state index is 11.2. The van der Waals surface area contributed by atoms with Gasteiger partial charge in [0.15, 0.2) is 0 Å². The fraction of sp³-hybridized carbons (Fsp3) is 0.300. The molecule has 0 aromatic heterocycles. The molecule has 0 saturated heterocycles. The van der Waals surface area contributed by atoms with Gasteiger partial charge in [0.1, 0.15) is 4.90 Å². The average Bonchev–Trinajstić information content (AvgIpc) is 2.24. The summed E-state index contributed by atoms with van der Waals surface area (Å²) in [6.45, 7) is 0. The first kappa shape index (κ1) is 14.9. The van der Waals surface area contributed by atoms with Crippen molar-refractivity contribution in [3.05, 3.63) is 28.8 Å². The van der Waals surface area contributed by atoms with Crippen molar-refractivity contribution in [2.24, 2.45) is 5.14 Å². The second kappa shape index (κ2) is 5.66. The Balaban J connectivity index is 3.02. The SMILES string of the molecule is NS(=O)(=O)c1cc(C(O)CCC(=O)O)ccc1Cl. The number of primary sulfonamides is 1.